The van der Waals surface area contributed by atoms with Crippen molar-refractivity contribution < 1.29 is 47.8 Å². The van der Waals surface area contributed by atoms with Gasteiger partial charge in [-0.15, -0.1) is 0 Å². The largest absolute Gasteiger partial charge is 0.497 e. The summed E-state index contributed by atoms with van der Waals surface area (Å²) in [4.78, 5) is 9.97. The Morgan fingerprint density at radius 3 is 2.28 bits per heavy atom. The van der Waals surface area contributed by atoms with E-state index in [1.54, 1.807) is 24.3 Å². The van der Waals surface area contributed by atoms with Crippen LogP contribution in [0.1, 0.15) is 12.8 Å². The van der Waals surface area contributed by atoms with Gasteiger partial charge >= 0.3 is 0 Å². The van der Waals surface area contributed by atoms with E-state index in [-0.39, 0.29) is 12.6 Å². The molecule has 3 unspecified atom stereocenters. The first-order chi connectivity index (χ1) is 13.5. The van der Waals surface area contributed by atoms with Crippen molar-refractivity contribution in [3.05, 3.63) is 24.3 Å². The average molecular weight is 438 g/mol. The fourth-order valence-electron chi connectivity index (χ4n) is 3.27. The fourth-order valence-corrected chi connectivity index (χ4v) is 5.20. The molecule has 11 heteroatoms. The van der Waals surface area contributed by atoms with Gasteiger partial charge in [0, 0.05) is 24.7 Å². The van der Waals surface area contributed by atoms with Crippen molar-refractivity contribution in [1.29, 1.82) is 0 Å². The van der Waals surface area contributed by atoms with E-state index in [4.69, 9.17) is 14.2 Å². The Hall–Kier alpha value is -1.29. The van der Waals surface area contributed by atoms with Crippen molar-refractivity contribution in [3.63, 3.8) is 0 Å². The first kappa shape index (κ1) is 22.4. The summed E-state index contributed by atoms with van der Waals surface area (Å²) in [6.45, 7) is 0. The second kappa shape index (κ2) is 8.45. The zero-order chi connectivity index (χ0) is 21.4. The smallest absolute Gasteiger partial charge is 0.252 e. The summed E-state index contributed by atoms with van der Waals surface area (Å²) in [5.41, 5.74) is 0. The lowest BCUT2D eigenvalue weighted by Crippen LogP contribution is -2.59. The number of halogens is 2. The van der Waals surface area contributed by atoms with E-state index >= 15 is 0 Å². The van der Waals surface area contributed by atoms with Gasteiger partial charge in [0.25, 0.3) is 5.92 Å². The maximum Gasteiger partial charge on any atom is 0.252 e. The topological polar surface area (TPSA) is 126 Å². The van der Waals surface area contributed by atoms with Crippen LogP contribution in [0.4, 0.5) is 8.78 Å². The lowest BCUT2D eigenvalue weighted by Gasteiger charge is -2.40. The van der Waals surface area contributed by atoms with Crippen molar-refractivity contribution in [3.8, 4) is 11.5 Å². The average Bonchev–Trinajstić information content (AvgIpc) is 3.26. The SMILES string of the molecule is COc1ccc(OC2O[C@H](CCP(=O)(O)CC3CC3(F)F)[C@@H](O)[C@H](O)[C@@H]2O)cc1. The molecule has 0 aromatic heterocycles. The van der Waals surface area contributed by atoms with Crippen molar-refractivity contribution >= 4 is 7.37 Å². The lowest BCUT2D eigenvalue weighted by molar-refractivity contribution is -0.272. The summed E-state index contributed by atoms with van der Waals surface area (Å²) in [5.74, 6) is -3.11. The molecule has 1 aliphatic carbocycles. The normalized spacial score (nSPS) is 35.6. The summed E-state index contributed by atoms with van der Waals surface area (Å²) in [7, 11) is -2.36. The summed E-state index contributed by atoms with van der Waals surface area (Å²) >= 11 is 0. The Bertz CT molecular complexity index is 746. The summed E-state index contributed by atoms with van der Waals surface area (Å²) in [6.07, 6.45) is -8.57. The highest BCUT2D eigenvalue weighted by molar-refractivity contribution is 7.58. The van der Waals surface area contributed by atoms with Gasteiger partial charge in [0.05, 0.1) is 13.2 Å². The molecule has 2 aliphatic rings. The number of benzene rings is 1. The zero-order valence-electron chi connectivity index (χ0n) is 15.7. The highest BCUT2D eigenvalue weighted by Gasteiger charge is 2.58. The van der Waals surface area contributed by atoms with Crippen molar-refractivity contribution in [2.24, 2.45) is 5.92 Å². The van der Waals surface area contributed by atoms with E-state index in [1.807, 2.05) is 0 Å². The molecule has 1 aromatic carbocycles. The number of ether oxygens (including phenoxy) is 3. The molecule has 0 amide bonds. The first-order valence-electron chi connectivity index (χ1n) is 9.21. The molecule has 0 spiro atoms. The number of aliphatic hydroxyl groups is 3. The van der Waals surface area contributed by atoms with Gasteiger partial charge in [-0.3, -0.25) is 4.57 Å². The highest BCUT2D eigenvalue weighted by atomic mass is 31.2. The molecule has 0 radical (unpaired) electrons. The molecule has 7 atom stereocenters. The first-order valence-corrected chi connectivity index (χ1v) is 11.2. The number of methoxy groups -OCH3 is 1. The van der Waals surface area contributed by atoms with Gasteiger partial charge in [0.1, 0.15) is 29.8 Å². The molecular formula is C18H25F2O8P. The molecule has 4 N–H and O–H groups in total. The van der Waals surface area contributed by atoms with Crippen molar-refractivity contribution in [1.82, 2.24) is 0 Å². The van der Waals surface area contributed by atoms with E-state index in [0.717, 1.165) is 0 Å². The number of alkyl halides is 2. The van der Waals surface area contributed by atoms with E-state index < -0.39 is 62.5 Å². The molecule has 164 valence electrons. The second-order valence-corrected chi connectivity index (χ2v) is 10.0. The van der Waals surface area contributed by atoms with Gasteiger partial charge in [-0.2, -0.15) is 0 Å². The zero-order valence-corrected chi connectivity index (χ0v) is 16.6. The van der Waals surface area contributed by atoms with Crippen LogP contribution in [-0.2, 0) is 9.30 Å². The Labute approximate surface area is 166 Å². The number of aliphatic hydroxyl groups excluding tert-OH is 3. The van der Waals surface area contributed by atoms with E-state index in [0.29, 0.717) is 11.5 Å². The molecule has 1 aliphatic heterocycles. The molecule has 1 saturated carbocycles. The van der Waals surface area contributed by atoms with Crippen LogP contribution in [0.3, 0.4) is 0 Å². The van der Waals surface area contributed by atoms with Crippen LogP contribution in [-0.4, -0.2) is 76.3 Å². The van der Waals surface area contributed by atoms with Gasteiger partial charge < -0.3 is 34.4 Å². The molecule has 3 rings (SSSR count). The Morgan fingerprint density at radius 2 is 1.72 bits per heavy atom. The Balaban J connectivity index is 1.60. The minimum absolute atomic E-state index is 0.167. The van der Waals surface area contributed by atoms with Crippen LogP contribution < -0.4 is 9.47 Å². The van der Waals surface area contributed by atoms with Crippen molar-refractivity contribution in [2.45, 2.75) is 49.5 Å². The van der Waals surface area contributed by atoms with E-state index in [2.05, 4.69) is 0 Å². The van der Waals surface area contributed by atoms with Gasteiger partial charge in [0.15, 0.2) is 0 Å². The molecule has 1 aromatic rings. The van der Waals surface area contributed by atoms with Crippen molar-refractivity contribution in [2.75, 3.05) is 19.4 Å². The van der Waals surface area contributed by atoms with Crippen LogP contribution in [0.2, 0.25) is 0 Å². The third-order valence-corrected chi connectivity index (χ3v) is 7.17. The molecule has 29 heavy (non-hydrogen) atoms. The standard InChI is InChI=1S/C18H25F2O8P/c1-26-11-2-4-12(5-3-11)27-17-16(23)15(22)14(21)13(28-17)6-7-29(24,25)9-10-8-18(10,19)20/h2-5,10,13-17,21-23H,6-9H2,1H3,(H,24,25)/t10?,13-,14-,15+,16+,17?/m1/s1. The van der Waals surface area contributed by atoms with Gasteiger partial charge in [-0.05, 0) is 30.7 Å². The highest BCUT2D eigenvalue weighted by Crippen LogP contribution is 2.57. The number of hydrogen-bond donors (Lipinski definition) is 4. The minimum atomic E-state index is -3.86. The van der Waals surface area contributed by atoms with Crippen LogP contribution in [0.5, 0.6) is 11.5 Å². The number of hydrogen-bond acceptors (Lipinski definition) is 7. The second-order valence-electron chi connectivity index (χ2n) is 7.51. The summed E-state index contributed by atoms with van der Waals surface area (Å²) in [6, 6.07) is 6.34. The van der Waals surface area contributed by atoms with Crippen LogP contribution in [0, 0.1) is 5.92 Å². The quantitative estimate of drug-likeness (QED) is 0.446. The Morgan fingerprint density at radius 1 is 1.14 bits per heavy atom. The minimum Gasteiger partial charge on any atom is -0.497 e. The lowest BCUT2D eigenvalue weighted by atomic mass is 9.97. The molecule has 8 nitrogen and oxygen atoms in total. The van der Waals surface area contributed by atoms with Gasteiger partial charge in [-0.25, -0.2) is 8.78 Å². The third-order valence-electron chi connectivity index (χ3n) is 5.20. The molecular weight excluding hydrogens is 413 g/mol. The Kier molecular flexibility index (Phi) is 6.53. The third kappa shape index (κ3) is 5.45. The van der Waals surface area contributed by atoms with Gasteiger partial charge in [0.2, 0.25) is 13.7 Å². The summed E-state index contributed by atoms with van der Waals surface area (Å²) in [5, 5.41) is 30.4. The summed E-state index contributed by atoms with van der Waals surface area (Å²) < 4.78 is 54.3. The van der Waals surface area contributed by atoms with E-state index in [9.17, 15) is 33.6 Å². The van der Waals surface area contributed by atoms with Crippen LogP contribution in [0.25, 0.3) is 0 Å². The van der Waals surface area contributed by atoms with Gasteiger partial charge in [-0.1, -0.05) is 0 Å². The molecule has 1 heterocycles. The van der Waals surface area contributed by atoms with E-state index in [1.165, 1.54) is 7.11 Å². The predicted octanol–water partition coefficient (Wildman–Crippen LogP) is 1.20. The van der Waals surface area contributed by atoms with Crippen LogP contribution >= 0.6 is 7.37 Å². The monoisotopic (exact) mass is 438 g/mol. The maximum absolute atomic E-state index is 13.0. The molecule has 0 bridgehead atoms. The molecule has 2 fully saturated rings. The maximum atomic E-state index is 13.0. The predicted molar refractivity (Wildman–Crippen MR) is 97.5 cm³/mol. The molecule has 1 saturated heterocycles. The number of rotatable bonds is 8. The van der Waals surface area contributed by atoms with Crippen LogP contribution in [0.15, 0.2) is 24.3 Å². The fraction of sp³-hybridized carbons (Fsp3) is 0.667.